The predicted molar refractivity (Wildman–Crippen MR) is 133 cm³/mol. The SMILES string of the molecule is COc1ccc(C2=NN(Cc3ccc(NC(=O)OC4CCN(C)CC4)cc3)C(=O)CC2)cc1OCF. The first kappa shape index (κ1) is 25.4. The van der Waals surface area contributed by atoms with Crippen LogP contribution in [0.4, 0.5) is 14.9 Å². The third kappa shape index (κ3) is 6.51. The fourth-order valence-corrected chi connectivity index (χ4v) is 4.23. The number of carbonyl (C=O) groups is 2. The standard InChI is InChI=1S/C26H31FN4O5/c1-30-13-11-21(12-14-30)36-26(33)28-20-6-3-18(4-7-20)16-31-25(32)10-8-22(29-31)19-5-9-23(34-2)24(15-19)35-17-27/h3-7,9,15,21H,8,10-14,16-17H2,1-2H3,(H,28,33). The maximum absolute atomic E-state index is 12.7. The Balaban J connectivity index is 1.38. The maximum Gasteiger partial charge on any atom is 0.411 e. The van der Waals surface area contributed by atoms with E-state index in [4.69, 9.17) is 14.2 Å². The van der Waals surface area contributed by atoms with E-state index in [9.17, 15) is 14.0 Å². The number of methoxy groups -OCH3 is 1. The van der Waals surface area contributed by atoms with Crippen molar-refractivity contribution in [2.24, 2.45) is 5.10 Å². The number of nitrogens with one attached hydrogen (secondary N) is 1. The van der Waals surface area contributed by atoms with Gasteiger partial charge in [0.05, 0.1) is 19.4 Å². The Morgan fingerprint density at radius 1 is 1.11 bits per heavy atom. The quantitative estimate of drug-likeness (QED) is 0.587. The molecular weight excluding hydrogens is 467 g/mol. The zero-order valence-electron chi connectivity index (χ0n) is 20.5. The molecule has 0 atom stereocenters. The van der Waals surface area contributed by atoms with Crippen molar-refractivity contribution in [2.45, 2.75) is 38.3 Å². The second kappa shape index (κ2) is 11.9. The minimum absolute atomic E-state index is 0.0667. The van der Waals surface area contributed by atoms with Gasteiger partial charge in [-0.2, -0.15) is 5.10 Å². The van der Waals surface area contributed by atoms with Crippen molar-refractivity contribution >= 4 is 23.4 Å². The highest BCUT2D eigenvalue weighted by atomic mass is 19.1. The van der Waals surface area contributed by atoms with E-state index in [1.807, 2.05) is 18.2 Å². The number of likely N-dealkylation sites (tertiary alicyclic amines) is 1. The van der Waals surface area contributed by atoms with Gasteiger partial charge in [0, 0.05) is 37.2 Å². The smallest absolute Gasteiger partial charge is 0.411 e. The van der Waals surface area contributed by atoms with Gasteiger partial charge in [0.1, 0.15) is 6.10 Å². The first-order valence-corrected chi connectivity index (χ1v) is 12.0. The van der Waals surface area contributed by atoms with Crippen molar-refractivity contribution in [3.05, 3.63) is 53.6 Å². The van der Waals surface area contributed by atoms with Crippen LogP contribution >= 0.6 is 0 Å². The molecule has 0 aliphatic carbocycles. The molecule has 0 aromatic heterocycles. The summed E-state index contributed by atoms with van der Waals surface area (Å²) in [6.07, 6.45) is 1.91. The number of anilines is 1. The van der Waals surface area contributed by atoms with Crippen LogP contribution in [0.5, 0.6) is 11.5 Å². The highest BCUT2D eigenvalue weighted by molar-refractivity contribution is 6.04. The average Bonchev–Trinajstić information content (AvgIpc) is 2.88. The number of ether oxygens (including phenoxy) is 3. The number of alkyl halides is 1. The number of amides is 2. The summed E-state index contributed by atoms with van der Waals surface area (Å²) >= 11 is 0. The van der Waals surface area contributed by atoms with E-state index in [-0.39, 0.29) is 24.3 Å². The number of carbonyl (C=O) groups excluding carboxylic acids is 2. The Hall–Kier alpha value is -3.66. The fraction of sp³-hybridized carbons (Fsp3) is 0.423. The van der Waals surface area contributed by atoms with E-state index in [1.54, 1.807) is 24.3 Å². The lowest BCUT2D eigenvalue weighted by atomic mass is 10.0. The number of hydrazone groups is 1. The van der Waals surface area contributed by atoms with Crippen molar-refractivity contribution in [1.29, 1.82) is 0 Å². The number of rotatable bonds is 8. The molecule has 0 spiro atoms. The molecule has 0 unspecified atom stereocenters. The Morgan fingerprint density at radius 3 is 2.56 bits per heavy atom. The van der Waals surface area contributed by atoms with E-state index in [0.29, 0.717) is 30.0 Å². The molecular formula is C26H31FN4O5. The van der Waals surface area contributed by atoms with Crippen LogP contribution < -0.4 is 14.8 Å². The van der Waals surface area contributed by atoms with Gasteiger partial charge in [-0.05, 0) is 55.8 Å². The number of benzene rings is 2. The molecule has 4 rings (SSSR count). The van der Waals surface area contributed by atoms with Gasteiger partial charge in [0.2, 0.25) is 12.8 Å². The largest absolute Gasteiger partial charge is 0.493 e. The van der Waals surface area contributed by atoms with Gasteiger partial charge in [0.25, 0.3) is 0 Å². The van der Waals surface area contributed by atoms with Crippen LogP contribution in [0, 0.1) is 0 Å². The molecule has 2 aliphatic rings. The number of hydrogen-bond donors (Lipinski definition) is 1. The average molecular weight is 499 g/mol. The highest BCUT2D eigenvalue weighted by Crippen LogP contribution is 2.30. The van der Waals surface area contributed by atoms with Crippen molar-refractivity contribution in [3.8, 4) is 11.5 Å². The third-order valence-corrected chi connectivity index (χ3v) is 6.28. The van der Waals surface area contributed by atoms with E-state index >= 15 is 0 Å². The van der Waals surface area contributed by atoms with Gasteiger partial charge in [-0.25, -0.2) is 14.2 Å². The van der Waals surface area contributed by atoms with Crippen molar-refractivity contribution in [2.75, 3.05) is 39.4 Å². The zero-order chi connectivity index (χ0) is 25.5. The van der Waals surface area contributed by atoms with E-state index in [1.165, 1.54) is 12.1 Å². The Kier molecular flexibility index (Phi) is 8.37. The minimum atomic E-state index is -0.975. The molecule has 1 N–H and O–H groups in total. The van der Waals surface area contributed by atoms with Crippen LogP contribution in [-0.2, 0) is 16.1 Å². The molecule has 1 saturated heterocycles. The van der Waals surface area contributed by atoms with Crippen LogP contribution in [0.3, 0.4) is 0 Å². The second-order valence-electron chi connectivity index (χ2n) is 8.85. The van der Waals surface area contributed by atoms with E-state index in [2.05, 4.69) is 22.4 Å². The molecule has 192 valence electrons. The number of nitrogens with zero attached hydrogens (tertiary/aromatic N) is 3. The van der Waals surface area contributed by atoms with Crippen LogP contribution in [0.25, 0.3) is 0 Å². The summed E-state index contributed by atoms with van der Waals surface area (Å²) in [5.41, 5.74) is 2.92. The van der Waals surface area contributed by atoms with Gasteiger partial charge in [-0.1, -0.05) is 12.1 Å². The van der Waals surface area contributed by atoms with Crippen LogP contribution in [0.1, 0.15) is 36.8 Å². The summed E-state index contributed by atoms with van der Waals surface area (Å²) in [7, 11) is 3.54. The summed E-state index contributed by atoms with van der Waals surface area (Å²) in [5.74, 6) is 0.613. The lowest BCUT2D eigenvalue weighted by Crippen LogP contribution is -2.36. The predicted octanol–water partition coefficient (Wildman–Crippen LogP) is 4.17. The molecule has 2 heterocycles. The molecule has 1 fully saturated rings. The highest BCUT2D eigenvalue weighted by Gasteiger charge is 2.23. The molecule has 9 nitrogen and oxygen atoms in total. The second-order valence-corrected chi connectivity index (χ2v) is 8.85. The Morgan fingerprint density at radius 2 is 1.86 bits per heavy atom. The summed E-state index contributed by atoms with van der Waals surface area (Å²) in [4.78, 5) is 27.0. The molecule has 0 saturated carbocycles. The van der Waals surface area contributed by atoms with Gasteiger partial charge >= 0.3 is 6.09 Å². The summed E-state index contributed by atoms with van der Waals surface area (Å²) in [6.45, 7) is 1.14. The normalized spacial score (nSPS) is 16.9. The summed E-state index contributed by atoms with van der Waals surface area (Å²) in [6, 6.07) is 12.4. The van der Waals surface area contributed by atoms with Gasteiger partial charge < -0.3 is 19.1 Å². The van der Waals surface area contributed by atoms with Gasteiger partial charge in [-0.15, -0.1) is 0 Å². The van der Waals surface area contributed by atoms with Gasteiger partial charge in [0.15, 0.2) is 11.5 Å². The molecule has 0 radical (unpaired) electrons. The monoisotopic (exact) mass is 498 g/mol. The van der Waals surface area contributed by atoms with Crippen LogP contribution in [0.2, 0.25) is 0 Å². The summed E-state index contributed by atoms with van der Waals surface area (Å²) in [5, 5.41) is 8.73. The molecule has 2 amide bonds. The number of halogens is 1. The summed E-state index contributed by atoms with van der Waals surface area (Å²) < 4.78 is 28.5. The number of piperidine rings is 1. The molecule has 10 heteroatoms. The van der Waals surface area contributed by atoms with Crippen molar-refractivity contribution in [3.63, 3.8) is 0 Å². The first-order chi connectivity index (χ1) is 17.4. The molecule has 36 heavy (non-hydrogen) atoms. The third-order valence-electron chi connectivity index (χ3n) is 6.28. The topological polar surface area (TPSA) is 92.7 Å². The lowest BCUT2D eigenvalue weighted by molar-refractivity contribution is -0.132. The van der Waals surface area contributed by atoms with Crippen LogP contribution in [-0.4, -0.2) is 67.8 Å². The lowest BCUT2D eigenvalue weighted by Gasteiger charge is -2.28. The molecule has 2 aliphatic heterocycles. The van der Waals surface area contributed by atoms with Crippen molar-refractivity contribution in [1.82, 2.24) is 9.91 Å². The minimum Gasteiger partial charge on any atom is -0.493 e. The molecule has 0 bridgehead atoms. The molecule has 2 aromatic carbocycles. The maximum atomic E-state index is 12.7. The van der Waals surface area contributed by atoms with Crippen molar-refractivity contribution < 1.29 is 28.2 Å². The van der Waals surface area contributed by atoms with E-state index in [0.717, 1.165) is 37.1 Å². The Bertz CT molecular complexity index is 1100. The molecule has 2 aromatic rings. The zero-order valence-corrected chi connectivity index (χ0v) is 20.5. The number of hydrogen-bond acceptors (Lipinski definition) is 7. The van der Waals surface area contributed by atoms with Gasteiger partial charge in [-0.3, -0.25) is 10.1 Å². The fourth-order valence-electron chi connectivity index (χ4n) is 4.23. The van der Waals surface area contributed by atoms with E-state index < -0.39 is 13.0 Å². The van der Waals surface area contributed by atoms with Crippen LogP contribution in [0.15, 0.2) is 47.6 Å². The first-order valence-electron chi connectivity index (χ1n) is 12.0. The Labute approximate surface area is 209 Å².